The minimum absolute atomic E-state index is 0.0680. The number of rotatable bonds is 4. The van der Waals surface area contributed by atoms with E-state index in [1.807, 2.05) is 31.3 Å². The number of pyridine rings is 2. The Hall–Kier alpha value is -1.98. The van der Waals surface area contributed by atoms with Crippen LogP contribution in [-0.2, 0) is 6.42 Å². The molecule has 0 saturated carbocycles. The predicted octanol–water partition coefficient (Wildman–Crippen LogP) is 1.11. The van der Waals surface area contributed by atoms with E-state index in [2.05, 4.69) is 15.4 Å². The molecule has 0 aliphatic carbocycles. The quantitative estimate of drug-likeness (QED) is 0.553. The Morgan fingerprint density at radius 3 is 2.89 bits per heavy atom. The molecule has 0 aliphatic rings. The predicted molar refractivity (Wildman–Crippen MR) is 71.4 cm³/mol. The molecule has 0 aliphatic heterocycles. The van der Waals surface area contributed by atoms with Crippen molar-refractivity contribution in [1.29, 1.82) is 0 Å². The largest absolute Gasteiger partial charge is 0.383 e. The average Bonchev–Trinajstić information content (AvgIpc) is 2.40. The summed E-state index contributed by atoms with van der Waals surface area (Å²) in [7, 11) is 0. The number of nitrogens with zero attached hydrogens (tertiary/aromatic N) is 2. The van der Waals surface area contributed by atoms with Gasteiger partial charge >= 0.3 is 0 Å². The summed E-state index contributed by atoms with van der Waals surface area (Å²) in [5.41, 5.74) is 11.8. The Bertz CT molecular complexity index is 512. The highest BCUT2D eigenvalue weighted by Crippen LogP contribution is 2.22. The summed E-state index contributed by atoms with van der Waals surface area (Å²) >= 11 is 0. The van der Waals surface area contributed by atoms with Gasteiger partial charge in [0.25, 0.3) is 0 Å². The fraction of sp³-hybridized carbons (Fsp3) is 0.231. The molecular formula is C13H17N5. The Labute approximate surface area is 106 Å². The van der Waals surface area contributed by atoms with Gasteiger partial charge in [-0.05, 0) is 36.6 Å². The van der Waals surface area contributed by atoms with Gasteiger partial charge in [0, 0.05) is 24.2 Å². The van der Waals surface area contributed by atoms with Gasteiger partial charge in [-0.3, -0.25) is 16.3 Å². The van der Waals surface area contributed by atoms with Gasteiger partial charge in [0.1, 0.15) is 5.82 Å². The Morgan fingerprint density at radius 1 is 1.39 bits per heavy atom. The van der Waals surface area contributed by atoms with Gasteiger partial charge in [-0.25, -0.2) is 4.98 Å². The fourth-order valence-corrected chi connectivity index (χ4v) is 1.89. The van der Waals surface area contributed by atoms with Crippen LogP contribution in [0.15, 0.2) is 36.8 Å². The van der Waals surface area contributed by atoms with Gasteiger partial charge in [0.15, 0.2) is 0 Å². The highest BCUT2D eigenvalue weighted by atomic mass is 15.2. The molecule has 5 N–H and O–H groups in total. The molecule has 0 spiro atoms. The van der Waals surface area contributed by atoms with E-state index in [0.29, 0.717) is 5.82 Å². The van der Waals surface area contributed by atoms with Gasteiger partial charge < -0.3 is 5.73 Å². The first-order chi connectivity index (χ1) is 8.70. The summed E-state index contributed by atoms with van der Waals surface area (Å²) in [5, 5.41) is 0. The first kappa shape index (κ1) is 12.5. The number of nitrogens with two attached hydrogens (primary N) is 2. The van der Waals surface area contributed by atoms with Crippen molar-refractivity contribution in [3.05, 3.63) is 53.5 Å². The maximum absolute atomic E-state index is 5.90. The van der Waals surface area contributed by atoms with E-state index in [9.17, 15) is 0 Å². The first-order valence-electron chi connectivity index (χ1n) is 5.77. The molecule has 2 rings (SSSR count). The maximum atomic E-state index is 5.90. The monoisotopic (exact) mass is 243 g/mol. The number of aryl methyl sites for hydroxylation is 1. The molecule has 0 saturated heterocycles. The summed E-state index contributed by atoms with van der Waals surface area (Å²) in [5.74, 6) is 6.12. The van der Waals surface area contributed by atoms with Crippen LogP contribution in [0.4, 0.5) is 5.82 Å². The van der Waals surface area contributed by atoms with Crippen molar-refractivity contribution < 1.29 is 0 Å². The molecule has 94 valence electrons. The lowest BCUT2D eigenvalue weighted by atomic mass is 10.00. The summed E-state index contributed by atoms with van der Waals surface area (Å²) in [6.07, 6.45) is 6.04. The minimum atomic E-state index is -0.0680. The molecule has 5 heteroatoms. The number of anilines is 1. The summed E-state index contributed by atoms with van der Waals surface area (Å²) < 4.78 is 0. The van der Waals surface area contributed by atoms with Gasteiger partial charge in [0.2, 0.25) is 0 Å². The third-order valence-corrected chi connectivity index (χ3v) is 2.83. The van der Waals surface area contributed by atoms with Crippen molar-refractivity contribution in [1.82, 2.24) is 15.4 Å². The number of nitrogen functional groups attached to an aromatic ring is 1. The van der Waals surface area contributed by atoms with Crippen LogP contribution in [0.25, 0.3) is 0 Å². The maximum Gasteiger partial charge on any atom is 0.128 e. The van der Waals surface area contributed by atoms with Crippen molar-refractivity contribution in [3.63, 3.8) is 0 Å². The number of aromatic nitrogens is 2. The molecule has 2 aromatic heterocycles. The zero-order valence-electron chi connectivity index (χ0n) is 10.3. The molecule has 18 heavy (non-hydrogen) atoms. The van der Waals surface area contributed by atoms with E-state index in [0.717, 1.165) is 23.1 Å². The molecule has 0 radical (unpaired) electrons. The van der Waals surface area contributed by atoms with Gasteiger partial charge in [-0.2, -0.15) is 0 Å². The highest BCUT2D eigenvalue weighted by Gasteiger charge is 2.14. The minimum Gasteiger partial charge on any atom is -0.383 e. The van der Waals surface area contributed by atoms with Gasteiger partial charge in [-0.1, -0.05) is 6.07 Å². The van der Waals surface area contributed by atoms with Crippen LogP contribution in [0.5, 0.6) is 0 Å². The molecule has 2 aromatic rings. The van der Waals surface area contributed by atoms with Crippen molar-refractivity contribution in [3.8, 4) is 0 Å². The molecule has 0 bridgehead atoms. The molecule has 0 amide bonds. The molecular weight excluding hydrogens is 226 g/mol. The number of hydrogen-bond acceptors (Lipinski definition) is 5. The summed E-state index contributed by atoms with van der Waals surface area (Å²) in [4.78, 5) is 8.25. The molecule has 2 heterocycles. The van der Waals surface area contributed by atoms with Gasteiger partial charge in [-0.15, -0.1) is 0 Å². The van der Waals surface area contributed by atoms with E-state index in [-0.39, 0.29) is 6.04 Å². The van der Waals surface area contributed by atoms with E-state index in [1.165, 1.54) is 0 Å². The Morgan fingerprint density at radius 2 is 2.22 bits per heavy atom. The lowest BCUT2D eigenvalue weighted by Gasteiger charge is -2.18. The SMILES string of the molecule is Cc1cnc(N)c(C(Cc2cccnc2)NN)c1. The van der Waals surface area contributed by atoms with E-state index in [4.69, 9.17) is 11.6 Å². The molecule has 5 nitrogen and oxygen atoms in total. The van der Waals surface area contributed by atoms with Crippen LogP contribution in [0.3, 0.4) is 0 Å². The lowest BCUT2D eigenvalue weighted by Crippen LogP contribution is -2.30. The zero-order valence-corrected chi connectivity index (χ0v) is 10.3. The summed E-state index contributed by atoms with van der Waals surface area (Å²) in [6, 6.07) is 5.85. The molecule has 1 atom stereocenters. The van der Waals surface area contributed by atoms with E-state index >= 15 is 0 Å². The van der Waals surface area contributed by atoms with Crippen LogP contribution < -0.4 is 17.0 Å². The molecule has 0 fully saturated rings. The Balaban J connectivity index is 2.26. The van der Waals surface area contributed by atoms with Crippen LogP contribution in [0.1, 0.15) is 22.7 Å². The standard InChI is InChI=1S/C13H17N5/c1-9-5-11(13(14)17-7-9)12(18-15)6-10-3-2-4-16-8-10/h2-5,7-8,12,18H,6,15H2,1H3,(H2,14,17). The first-order valence-corrected chi connectivity index (χ1v) is 5.77. The topological polar surface area (TPSA) is 89.8 Å². The number of nitrogens with one attached hydrogen (secondary N) is 1. The van der Waals surface area contributed by atoms with Gasteiger partial charge in [0.05, 0.1) is 6.04 Å². The van der Waals surface area contributed by atoms with Crippen molar-refractivity contribution in [2.75, 3.05) is 5.73 Å². The average molecular weight is 243 g/mol. The van der Waals surface area contributed by atoms with Crippen LogP contribution in [0, 0.1) is 6.92 Å². The second-order valence-corrected chi connectivity index (χ2v) is 4.27. The molecule has 0 aromatic carbocycles. The fourth-order valence-electron chi connectivity index (χ4n) is 1.89. The third-order valence-electron chi connectivity index (χ3n) is 2.83. The second kappa shape index (κ2) is 5.57. The second-order valence-electron chi connectivity index (χ2n) is 4.27. The lowest BCUT2D eigenvalue weighted by molar-refractivity contribution is 0.551. The van der Waals surface area contributed by atoms with Crippen molar-refractivity contribution in [2.45, 2.75) is 19.4 Å². The van der Waals surface area contributed by atoms with Crippen LogP contribution in [-0.4, -0.2) is 9.97 Å². The zero-order chi connectivity index (χ0) is 13.0. The smallest absolute Gasteiger partial charge is 0.128 e. The van der Waals surface area contributed by atoms with Crippen LogP contribution in [0.2, 0.25) is 0 Å². The highest BCUT2D eigenvalue weighted by molar-refractivity contribution is 5.43. The van der Waals surface area contributed by atoms with E-state index in [1.54, 1.807) is 12.4 Å². The summed E-state index contributed by atoms with van der Waals surface area (Å²) in [6.45, 7) is 1.98. The van der Waals surface area contributed by atoms with Crippen LogP contribution >= 0.6 is 0 Å². The van der Waals surface area contributed by atoms with Crippen molar-refractivity contribution >= 4 is 5.82 Å². The number of hydrogen-bond donors (Lipinski definition) is 3. The molecule has 1 unspecified atom stereocenters. The van der Waals surface area contributed by atoms with Crippen molar-refractivity contribution in [2.24, 2.45) is 5.84 Å². The Kier molecular flexibility index (Phi) is 3.86. The third kappa shape index (κ3) is 2.82. The van der Waals surface area contributed by atoms with E-state index < -0.39 is 0 Å². The number of hydrazine groups is 1. The normalized spacial score (nSPS) is 12.3.